The Bertz CT molecular complexity index is 596. The molecule has 6 heteroatoms. The molecule has 0 radical (unpaired) electrons. The fourth-order valence-electron chi connectivity index (χ4n) is 3.78. The van der Waals surface area contributed by atoms with Gasteiger partial charge in [-0.05, 0) is 49.9 Å². The van der Waals surface area contributed by atoms with E-state index in [4.69, 9.17) is 0 Å². The van der Waals surface area contributed by atoms with Crippen LogP contribution in [-0.2, 0) is 16.1 Å². The summed E-state index contributed by atoms with van der Waals surface area (Å²) in [4.78, 5) is 24.6. The van der Waals surface area contributed by atoms with Crippen LogP contribution in [0.2, 0.25) is 0 Å². The van der Waals surface area contributed by atoms with Gasteiger partial charge in [-0.2, -0.15) is 0 Å². The largest absolute Gasteiger partial charge is 0.352 e. The van der Waals surface area contributed by atoms with Crippen molar-refractivity contribution in [3.63, 3.8) is 0 Å². The summed E-state index contributed by atoms with van der Waals surface area (Å²) in [7, 11) is 0. The maximum Gasteiger partial charge on any atom is 0.227 e. The lowest BCUT2D eigenvalue weighted by molar-refractivity contribution is -0.125. The summed E-state index contributed by atoms with van der Waals surface area (Å²) in [6.45, 7) is 2.28. The number of hydrogen-bond donors (Lipinski definition) is 3. The molecule has 1 saturated carbocycles. The Morgan fingerprint density at radius 2 is 1.77 bits per heavy atom. The summed E-state index contributed by atoms with van der Waals surface area (Å²) in [6.07, 6.45) is 7.56. The van der Waals surface area contributed by atoms with Gasteiger partial charge in [0.1, 0.15) is 0 Å². The van der Waals surface area contributed by atoms with Gasteiger partial charge in [-0.25, -0.2) is 0 Å². The lowest BCUT2D eigenvalue weighted by Crippen LogP contribution is -2.40. The number of halogens is 1. The molecule has 1 aliphatic heterocycles. The Hall–Kier alpha value is -1.59. The van der Waals surface area contributed by atoms with Gasteiger partial charge in [-0.1, -0.05) is 31.4 Å². The molecular weight excluding hydrogens is 350 g/mol. The summed E-state index contributed by atoms with van der Waals surface area (Å²) in [5.41, 5.74) is 1.83. The first-order valence-electron chi connectivity index (χ1n) is 9.60. The zero-order valence-electron chi connectivity index (χ0n) is 15.3. The van der Waals surface area contributed by atoms with Crippen LogP contribution in [0.4, 0.5) is 5.69 Å². The van der Waals surface area contributed by atoms with Crippen molar-refractivity contribution in [2.24, 2.45) is 11.8 Å². The molecule has 1 aromatic rings. The summed E-state index contributed by atoms with van der Waals surface area (Å²) in [5, 5.41) is 9.33. The van der Waals surface area contributed by atoms with Gasteiger partial charge < -0.3 is 16.0 Å². The van der Waals surface area contributed by atoms with E-state index in [1.165, 1.54) is 6.42 Å². The van der Waals surface area contributed by atoms with Crippen LogP contribution in [0.5, 0.6) is 0 Å². The first kappa shape index (κ1) is 20.7. The molecule has 3 N–H and O–H groups in total. The van der Waals surface area contributed by atoms with E-state index in [0.717, 1.165) is 62.9 Å². The van der Waals surface area contributed by atoms with E-state index in [2.05, 4.69) is 16.0 Å². The van der Waals surface area contributed by atoms with E-state index in [0.29, 0.717) is 6.54 Å². The molecule has 1 heterocycles. The first-order valence-corrected chi connectivity index (χ1v) is 9.60. The highest BCUT2D eigenvalue weighted by atomic mass is 35.5. The van der Waals surface area contributed by atoms with Crippen LogP contribution in [0.1, 0.15) is 50.5 Å². The van der Waals surface area contributed by atoms with Crippen molar-refractivity contribution in [2.45, 2.75) is 51.5 Å². The topological polar surface area (TPSA) is 70.2 Å². The van der Waals surface area contributed by atoms with Crippen LogP contribution in [0, 0.1) is 11.8 Å². The van der Waals surface area contributed by atoms with Crippen molar-refractivity contribution in [3.05, 3.63) is 29.8 Å². The highest BCUT2D eigenvalue weighted by molar-refractivity contribution is 5.92. The molecule has 5 nitrogen and oxygen atoms in total. The second kappa shape index (κ2) is 10.5. The van der Waals surface area contributed by atoms with E-state index in [1.807, 2.05) is 24.3 Å². The average Bonchev–Trinajstić information content (AvgIpc) is 2.68. The number of nitrogens with one attached hydrogen (secondary N) is 3. The van der Waals surface area contributed by atoms with Crippen molar-refractivity contribution in [2.75, 3.05) is 18.4 Å². The summed E-state index contributed by atoms with van der Waals surface area (Å²) in [6, 6.07) is 7.78. The fourth-order valence-corrected chi connectivity index (χ4v) is 3.78. The molecule has 2 aliphatic rings. The van der Waals surface area contributed by atoms with Gasteiger partial charge in [-0.15, -0.1) is 12.4 Å². The standard InChI is InChI=1S/C20H29N3O2.ClH/c24-19(17-9-5-11-21-14-17)22-13-15-6-4-10-18(12-15)23-20(25)16-7-2-1-3-8-16;/h4,6,10,12,16-17,21H,1-3,5,7-9,11,13-14H2,(H,22,24)(H,23,25);1H. The second-order valence-electron chi connectivity index (χ2n) is 7.29. The molecular formula is C20H30ClN3O2. The van der Waals surface area contributed by atoms with Gasteiger partial charge in [0.25, 0.3) is 0 Å². The molecule has 1 saturated heterocycles. The molecule has 1 aliphatic carbocycles. The lowest BCUT2D eigenvalue weighted by atomic mass is 9.88. The number of carbonyl (C=O) groups excluding carboxylic acids is 2. The molecule has 2 amide bonds. The van der Waals surface area contributed by atoms with E-state index in [1.54, 1.807) is 0 Å². The third kappa shape index (κ3) is 5.99. The molecule has 2 fully saturated rings. The summed E-state index contributed by atoms with van der Waals surface area (Å²) < 4.78 is 0. The smallest absolute Gasteiger partial charge is 0.227 e. The molecule has 1 aromatic carbocycles. The third-order valence-corrected chi connectivity index (χ3v) is 5.30. The fraction of sp³-hybridized carbons (Fsp3) is 0.600. The minimum absolute atomic E-state index is 0. The van der Waals surface area contributed by atoms with Gasteiger partial charge in [0.05, 0.1) is 5.92 Å². The number of carbonyl (C=O) groups is 2. The number of amides is 2. The summed E-state index contributed by atoms with van der Waals surface area (Å²) in [5.74, 6) is 0.469. The maximum atomic E-state index is 12.4. The molecule has 0 bridgehead atoms. The van der Waals surface area contributed by atoms with Crippen molar-refractivity contribution in [1.82, 2.24) is 10.6 Å². The Morgan fingerprint density at radius 1 is 1.00 bits per heavy atom. The molecule has 0 spiro atoms. The van der Waals surface area contributed by atoms with Gasteiger partial charge >= 0.3 is 0 Å². The van der Waals surface area contributed by atoms with Crippen LogP contribution in [0.15, 0.2) is 24.3 Å². The number of anilines is 1. The third-order valence-electron chi connectivity index (χ3n) is 5.30. The van der Waals surface area contributed by atoms with Crippen LogP contribution < -0.4 is 16.0 Å². The maximum absolute atomic E-state index is 12.4. The van der Waals surface area contributed by atoms with Crippen LogP contribution in [0.3, 0.4) is 0 Å². The molecule has 1 unspecified atom stereocenters. The van der Waals surface area contributed by atoms with Gasteiger partial charge in [-0.3, -0.25) is 9.59 Å². The predicted octanol–water partition coefficient (Wildman–Crippen LogP) is 3.24. The van der Waals surface area contributed by atoms with Gasteiger partial charge in [0.2, 0.25) is 11.8 Å². The van der Waals surface area contributed by atoms with E-state index in [9.17, 15) is 9.59 Å². The zero-order valence-corrected chi connectivity index (χ0v) is 16.1. The predicted molar refractivity (Wildman–Crippen MR) is 106 cm³/mol. The Balaban J connectivity index is 0.00000243. The van der Waals surface area contributed by atoms with Gasteiger partial charge in [0.15, 0.2) is 0 Å². The van der Waals surface area contributed by atoms with Gasteiger partial charge in [0, 0.05) is 24.7 Å². The molecule has 144 valence electrons. The van der Waals surface area contributed by atoms with Crippen LogP contribution >= 0.6 is 12.4 Å². The monoisotopic (exact) mass is 379 g/mol. The van der Waals surface area contributed by atoms with Crippen molar-refractivity contribution in [3.8, 4) is 0 Å². The number of benzene rings is 1. The van der Waals surface area contributed by atoms with Crippen molar-refractivity contribution >= 4 is 29.9 Å². The van der Waals surface area contributed by atoms with Crippen molar-refractivity contribution in [1.29, 1.82) is 0 Å². The second-order valence-corrected chi connectivity index (χ2v) is 7.29. The zero-order chi connectivity index (χ0) is 17.5. The van der Waals surface area contributed by atoms with Crippen molar-refractivity contribution < 1.29 is 9.59 Å². The van der Waals surface area contributed by atoms with Crippen LogP contribution in [-0.4, -0.2) is 24.9 Å². The lowest BCUT2D eigenvalue weighted by Gasteiger charge is -2.22. The van der Waals surface area contributed by atoms with Crippen LogP contribution in [0.25, 0.3) is 0 Å². The number of rotatable bonds is 5. The number of piperidine rings is 1. The minimum atomic E-state index is 0. The van der Waals surface area contributed by atoms with E-state index >= 15 is 0 Å². The highest BCUT2D eigenvalue weighted by Crippen LogP contribution is 2.25. The minimum Gasteiger partial charge on any atom is -0.352 e. The normalized spacial score (nSPS) is 20.7. The molecule has 0 aromatic heterocycles. The average molecular weight is 380 g/mol. The molecule has 26 heavy (non-hydrogen) atoms. The molecule has 1 atom stereocenters. The molecule has 3 rings (SSSR count). The number of hydrogen-bond acceptors (Lipinski definition) is 3. The summed E-state index contributed by atoms with van der Waals surface area (Å²) >= 11 is 0. The quantitative estimate of drug-likeness (QED) is 0.735. The Labute approximate surface area is 162 Å². The van der Waals surface area contributed by atoms with E-state index < -0.39 is 0 Å². The SMILES string of the molecule is Cl.O=C(NCc1cccc(NC(=O)C2CCCCC2)c1)C1CCCNC1. The first-order chi connectivity index (χ1) is 12.2. The Kier molecular flexibility index (Phi) is 8.39. The highest BCUT2D eigenvalue weighted by Gasteiger charge is 2.22. The Morgan fingerprint density at radius 3 is 2.50 bits per heavy atom. The van der Waals surface area contributed by atoms with E-state index in [-0.39, 0.29) is 36.1 Å².